The first-order chi connectivity index (χ1) is 13.2. The fourth-order valence-corrected chi connectivity index (χ4v) is 3.27. The summed E-state index contributed by atoms with van der Waals surface area (Å²) in [5, 5.41) is 9.61. The number of rotatable bonds is 5. The molecule has 3 N–H and O–H groups in total. The predicted octanol–water partition coefficient (Wildman–Crippen LogP) is 3.60. The van der Waals surface area contributed by atoms with Gasteiger partial charge in [0.15, 0.2) is 0 Å². The van der Waals surface area contributed by atoms with E-state index >= 15 is 0 Å². The van der Waals surface area contributed by atoms with Crippen molar-refractivity contribution >= 4 is 23.0 Å². The summed E-state index contributed by atoms with van der Waals surface area (Å²) in [4.78, 5) is 12.6. The van der Waals surface area contributed by atoms with Gasteiger partial charge in [0.05, 0.1) is 12.8 Å². The zero-order chi connectivity index (χ0) is 18.6. The number of nitrogens with zero attached hydrogens (tertiary/aromatic N) is 1. The summed E-state index contributed by atoms with van der Waals surface area (Å²) >= 11 is 0. The van der Waals surface area contributed by atoms with Crippen molar-refractivity contribution in [2.24, 2.45) is 0 Å². The lowest BCUT2D eigenvalue weighted by molar-refractivity contribution is 0.101. The van der Waals surface area contributed by atoms with E-state index in [0.717, 1.165) is 48.1 Å². The number of hydrogen-bond acceptors (Lipinski definition) is 4. The van der Waals surface area contributed by atoms with Crippen molar-refractivity contribution in [1.82, 2.24) is 9.88 Å². The Hall–Kier alpha value is -3.25. The standard InChI is InChI=1S/C21H22N4O2/c1-27-20-5-3-2-4-18(20)23-15-6-8-16(9-7-15)24-21(26)19-11-10-17-14-22-12-13-25(17)19/h2-11,22-23H,12-14H2,1H3,(H,24,26). The van der Waals surface area contributed by atoms with Crippen LogP contribution in [0.3, 0.4) is 0 Å². The second-order valence-corrected chi connectivity index (χ2v) is 6.40. The van der Waals surface area contributed by atoms with Crippen LogP contribution in [0, 0.1) is 0 Å². The number of carbonyl (C=O) groups is 1. The third kappa shape index (κ3) is 3.66. The first kappa shape index (κ1) is 17.2. The smallest absolute Gasteiger partial charge is 0.272 e. The van der Waals surface area contributed by atoms with E-state index in [1.165, 1.54) is 0 Å². The molecule has 0 atom stereocenters. The van der Waals surface area contributed by atoms with E-state index in [-0.39, 0.29) is 5.91 Å². The van der Waals surface area contributed by atoms with E-state index in [9.17, 15) is 4.79 Å². The third-order valence-electron chi connectivity index (χ3n) is 4.65. The van der Waals surface area contributed by atoms with Crippen molar-refractivity contribution in [2.75, 3.05) is 24.3 Å². The molecule has 2 heterocycles. The molecule has 6 nitrogen and oxygen atoms in total. The maximum Gasteiger partial charge on any atom is 0.272 e. The van der Waals surface area contributed by atoms with Crippen LogP contribution in [0.25, 0.3) is 0 Å². The van der Waals surface area contributed by atoms with Crippen LogP contribution in [0.4, 0.5) is 17.1 Å². The van der Waals surface area contributed by atoms with Crippen LogP contribution in [-0.4, -0.2) is 24.1 Å². The molecule has 1 amide bonds. The highest BCUT2D eigenvalue weighted by atomic mass is 16.5. The zero-order valence-corrected chi connectivity index (χ0v) is 15.2. The Bertz CT molecular complexity index is 947. The average Bonchev–Trinajstić information content (AvgIpc) is 3.14. The van der Waals surface area contributed by atoms with E-state index in [2.05, 4.69) is 20.5 Å². The molecule has 0 unspecified atom stereocenters. The van der Waals surface area contributed by atoms with Crippen molar-refractivity contribution in [3.63, 3.8) is 0 Å². The van der Waals surface area contributed by atoms with Gasteiger partial charge in [-0.05, 0) is 48.5 Å². The van der Waals surface area contributed by atoms with Gasteiger partial charge in [0.25, 0.3) is 5.91 Å². The van der Waals surface area contributed by atoms with Gasteiger partial charge >= 0.3 is 0 Å². The summed E-state index contributed by atoms with van der Waals surface area (Å²) in [7, 11) is 1.65. The highest BCUT2D eigenvalue weighted by Crippen LogP contribution is 2.27. The topological polar surface area (TPSA) is 67.3 Å². The van der Waals surface area contributed by atoms with Crippen LogP contribution in [0.2, 0.25) is 0 Å². The number of amides is 1. The number of carbonyl (C=O) groups excluding carboxylic acids is 1. The molecule has 4 rings (SSSR count). The second kappa shape index (κ2) is 7.55. The van der Waals surface area contributed by atoms with E-state index < -0.39 is 0 Å². The fourth-order valence-electron chi connectivity index (χ4n) is 3.27. The molecule has 0 spiro atoms. The summed E-state index contributed by atoms with van der Waals surface area (Å²) in [5.74, 6) is 0.691. The molecule has 1 aliphatic heterocycles. The molecule has 0 aliphatic carbocycles. The molecule has 3 aromatic rings. The highest BCUT2D eigenvalue weighted by Gasteiger charge is 2.17. The number of aromatic nitrogens is 1. The first-order valence-electron chi connectivity index (χ1n) is 8.95. The number of methoxy groups -OCH3 is 1. The monoisotopic (exact) mass is 362 g/mol. The van der Waals surface area contributed by atoms with Crippen molar-refractivity contribution in [2.45, 2.75) is 13.1 Å². The molecule has 2 aromatic carbocycles. The van der Waals surface area contributed by atoms with Gasteiger partial charge in [-0.3, -0.25) is 4.79 Å². The number of fused-ring (bicyclic) bond motifs is 1. The van der Waals surface area contributed by atoms with Crippen molar-refractivity contribution < 1.29 is 9.53 Å². The van der Waals surface area contributed by atoms with Crippen LogP contribution >= 0.6 is 0 Å². The number of ether oxygens (including phenoxy) is 1. The second-order valence-electron chi connectivity index (χ2n) is 6.40. The number of anilines is 3. The molecular formula is C21H22N4O2. The SMILES string of the molecule is COc1ccccc1Nc1ccc(NC(=O)c2ccc3n2CCNC3)cc1. The van der Waals surface area contributed by atoms with Crippen LogP contribution in [0.15, 0.2) is 60.7 Å². The minimum absolute atomic E-state index is 0.0893. The molecule has 1 aromatic heterocycles. The molecule has 138 valence electrons. The molecular weight excluding hydrogens is 340 g/mol. The van der Waals surface area contributed by atoms with Gasteiger partial charge in [-0.2, -0.15) is 0 Å². The molecule has 1 aliphatic rings. The Balaban J connectivity index is 1.45. The Labute approximate surface area is 158 Å². The van der Waals surface area contributed by atoms with Gasteiger partial charge < -0.3 is 25.3 Å². The molecule has 0 fully saturated rings. The van der Waals surface area contributed by atoms with E-state index in [1.807, 2.05) is 60.7 Å². The molecule has 6 heteroatoms. The lowest BCUT2D eigenvalue weighted by Gasteiger charge is -2.18. The number of hydrogen-bond donors (Lipinski definition) is 3. The lowest BCUT2D eigenvalue weighted by atomic mass is 10.2. The van der Waals surface area contributed by atoms with Gasteiger partial charge in [0.1, 0.15) is 11.4 Å². The largest absolute Gasteiger partial charge is 0.495 e. The van der Waals surface area contributed by atoms with E-state index in [0.29, 0.717) is 5.69 Å². The zero-order valence-electron chi connectivity index (χ0n) is 15.2. The molecule has 0 bridgehead atoms. The molecule has 0 radical (unpaired) electrons. The van der Waals surface area contributed by atoms with Crippen molar-refractivity contribution in [1.29, 1.82) is 0 Å². The van der Waals surface area contributed by atoms with Gasteiger partial charge in [-0.1, -0.05) is 12.1 Å². The van der Waals surface area contributed by atoms with Crippen molar-refractivity contribution in [3.8, 4) is 5.75 Å². The van der Waals surface area contributed by atoms with Gasteiger partial charge in [0.2, 0.25) is 0 Å². The van der Waals surface area contributed by atoms with Crippen LogP contribution in [0.1, 0.15) is 16.2 Å². The van der Waals surface area contributed by atoms with Gasteiger partial charge in [0, 0.05) is 36.7 Å². The van der Waals surface area contributed by atoms with E-state index in [4.69, 9.17) is 4.74 Å². The van der Waals surface area contributed by atoms with Gasteiger partial charge in [-0.15, -0.1) is 0 Å². The average molecular weight is 362 g/mol. The number of benzene rings is 2. The Morgan fingerprint density at radius 1 is 1.04 bits per heavy atom. The molecule has 0 saturated heterocycles. The van der Waals surface area contributed by atoms with Crippen LogP contribution < -0.4 is 20.7 Å². The minimum atomic E-state index is -0.0893. The molecule has 0 saturated carbocycles. The van der Waals surface area contributed by atoms with Crippen LogP contribution in [0.5, 0.6) is 5.75 Å². The lowest BCUT2D eigenvalue weighted by Crippen LogP contribution is -2.30. The minimum Gasteiger partial charge on any atom is -0.495 e. The fraction of sp³-hybridized carbons (Fsp3) is 0.190. The Morgan fingerprint density at radius 2 is 1.81 bits per heavy atom. The van der Waals surface area contributed by atoms with Crippen molar-refractivity contribution in [3.05, 3.63) is 72.1 Å². The predicted molar refractivity (Wildman–Crippen MR) is 107 cm³/mol. The normalized spacial score (nSPS) is 12.9. The Kier molecular flexibility index (Phi) is 4.80. The molecule has 27 heavy (non-hydrogen) atoms. The van der Waals surface area contributed by atoms with Crippen LogP contribution in [-0.2, 0) is 13.1 Å². The maximum absolute atomic E-state index is 12.6. The highest BCUT2D eigenvalue weighted by molar-refractivity contribution is 6.03. The third-order valence-corrected chi connectivity index (χ3v) is 4.65. The Morgan fingerprint density at radius 3 is 2.63 bits per heavy atom. The quantitative estimate of drug-likeness (QED) is 0.649. The summed E-state index contributed by atoms with van der Waals surface area (Å²) in [6.07, 6.45) is 0. The summed E-state index contributed by atoms with van der Waals surface area (Å²) in [6.45, 7) is 2.49. The van der Waals surface area contributed by atoms with Gasteiger partial charge in [-0.25, -0.2) is 0 Å². The summed E-state index contributed by atoms with van der Waals surface area (Å²) < 4.78 is 7.43. The maximum atomic E-state index is 12.6. The first-order valence-corrected chi connectivity index (χ1v) is 8.95. The number of para-hydroxylation sites is 2. The number of nitrogens with one attached hydrogen (secondary N) is 3. The summed E-state index contributed by atoms with van der Waals surface area (Å²) in [5.41, 5.74) is 4.41. The summed E-state index contributed by atoms with van der Waals surface area (Å²) in [6, 6.07) is 19.3. The van der Waals surface area contributed by atoms with E-state index in [1.54, 1.807) is 7.11 Å².